The van der Waals surface area contributed by atoms with Gasteiger partial charge in [-0.3, -0.25) is 0 Å². The Bertz CT molecular complexity index is 822. The fourth-order valence-electron chi connectivity index (χ4n) is 2.49. The van der Waals surface area contributed by atoms with Crippen molar-refractivity contribution in [3.8, 4) is 0 Å². The van der Waals surface area contributed by atoms with E-state index in [1.807, 2.05) is 0 Å². The van der Waals surface area contributed by atoms with E-state index < -0.39 is 16.0 Å². The molecule has 2 aromatic rings. The zero-order valence-electron chi connectivity index (χ0n) is 12.6. The van der Waals surface area contributed by atoms with Crippen molar-refractivity contribution in [1.29, 1.82) is 0 Å². The Kier molecular flexibility index (Phi) is 3.99. The summed E-state index contributed by atoms with van der Waals surface area (Å²) >= 11 is 0. The number of hydrogen-bond acceptors (Lipinski definition) is 4. The van der Waals surface area contributed by atoms with Gasteiger partial charge in [0, 0.05) is 18.2 Å². The van der Waals surface area contributed by atoms with Crippen molar-refractivity contribution in [2.24, 2.45) is 0 Å². The number of hydrogen-bond donors (Lipinski definition) is 1. The first-order valence-corrected chi connectivity index (χ1v) is 8.70. The number of carboxylic acid groups (broad SMARTS) is 1. The molecule has 0 bridgehead atoms. The molecule has 3 rings (SSSR count). The van der Waals surface area contributed by atoms with E-state index >= 15 is 0 Å². The van der Waals surface area contributed by atoms with Crippen molar-refractivity contribution >= 4 is 16.0 Å². The molecule has 1 heterocycles. The molecular weight excluding hydrogens is 318 g/mol. The highest BCUT2D eigenvalue weighted by molar-refractivity contribution is 7.89. The quantitative estimate of drug-likeness (QED) is 0.877. The zero-order valence-corrected chi connectivity index (χ0v) is 13.4. The molecule has 6 nitrogen and oxygen atoms in total. The van der Waals surface area contributed by atoms with Crippen LogP contribution in [0.25, 0.3) is 0 Å². The summed E-state index contributed by atoms with van der Waals surface area (Å²) in [6.07, 6.45) is 4.65. The van der Waals surface area contributed by atoms with E-state index in [-0.39, 0.29) is 23.0 Å². The van der Waals surface area contributed by atoms with Crippen LogP contribution >= 0.6 is 0 Å². The van der Waals surface area contributed by atoms with Gasteiger partial charge in [-0.1, -0.05) is 0 Å². The predicted molar refractivity (Wildman–Crippen MR) is 82.6 cm³/mol. The van der Waals surface area contributed by atoms with E-state index in [0.717, 1.165) is 18.4 Å². The van der Waals surface area contributed by atoms with E-state index in [4.69, 9.17) is 9.52 Å². The Hall–Kier alpha value is -2.12. The number of rotatable bonds is 6. The standard InChI is InChI=1S/C16H17NO5S/c1-11-6-13(16(18)19)8-15(7-11)23(20,21)17(14-2-3-14)9-12-4-5-22-10-12/h4-8,10,14H,2-3,9H2,1H3,(H,18,19). The maximum Gasteiger partial charge on any atom is 0.335 e. The maximum atomic E-state index is 13.0. The van der Waals surface area contributed by atoms with Gasteiger partial charge in [-0.2, -0.15) is 4.31 Å². The lowest BCUT2D eigenvalue weighted by molar-refractivity contribution is 0.0696. The average molecular weight is 335 g/mol. The molecule has 1 fully saturated rings. The molecule has 0 saturated heterocycles. The van der Waals surface area contributed by atoms with E-state index in [2.05, 4.69) is 0 Å². The number of aromatic carboxylic acids is 1. The number of carbonyl (C=O) groups is 1. The summed E-state index contributed by atoms with van der Waals surface area (Å²) in [7, 11) is -3.76. The minimum atomic E-state index is -3.76. The Balaban J connectivity index is 2.00. The number of aryl methyl sites for hydroxylation is 1. The second-order valence-corrected chi connectivity index (χ2v) is 7.64. The van der Waals surface area contributed by atoms with Crippen LogP contribution in [0, 0.1) is 6.92 Å². The number of furan rings is 1. The van der Waals surface area contributed by atoms with Gasteiger partial charge in [-0.25, -0.2) is 13.2 Å². The van der Waals surface area contributed by atoms with Crippen LogP contribution in [0.2, 0.25) is 0 Å². The highest BCUT2D eigenvalue weighted by Gasteiger charge is 2.38. The van der Waals surface area contributed by atoms with E-state index in [1.165, 1.54) is 35.0 Å². The fourth-order valence-corrected chi connectivity index (χ4v) is 4.30. The normalized spacial score (nSPS) is 15.0. The summed E-state index contributed by atoms with van der Waals surface area (Å²) in [4.78, 5) is 11.2. The molecule has 0 aliphatic heterocycles. The topological polar surface area (TPSA) is 87.8 Å². The maximum absolute atomic E-state index is 13.0. The molecule has 1 aromatic heterocycles. The Morgan fingerprint density at radius 1 is 1.35 bits per heavy atom. The first-order valence-electron chi connectivity index (χ1n) is 7.26. The van der Waals surface area contributed by atoms with Gasteiger partial charge >= 0.3 is 5.97 Å². The highest BCUT2D eigenvalue weighted by atomic mass is 32.2. The van der Waals surface area contributed by atoms with Gasteiger partial charge < -0.3 is 9.52 Å². The molecule has 1 aliphatic rings. The summed E-state index contributed by atoms with van der Waals surface area (Å²) in [5.41, 5.74) is 1.34. The molecule has 1 N–H and O–H groups in total. The van der Waals surface area contributed by atoms with Crippen LogP contribution in [-0.2, 0) is 16.6 Å². The third-order valence-electron chi connectivity index (χ3n) is 3.78. The van der Waals surface area contributed by atoms with Crippen LogP contribution in [0.15, 0.2) is 46.1 Å². The molecule has 122 valence electrons. The summed E-state index contributed by atoms with van der Waals surface area (Å²) < 4.78 is 32.4. The summed E-state index contributed by atoms with van der Waals surface area (Å²) in [5.74, 6) is -1.14. The molecule has 0 radical (unpaired) electrons. The van der Waals surface area contributed by atoms with Gasteiger partial charge in [-0.05, 0) is 49.6 Å². The van der Waals surface area contributed by atoms with Crippen LogP contribution in [0.4, 0.5) is 0 Å². The third kappa shape index (κ3) is 3.30. The zero-order chi connectivity index (χ0) is 16.6. The summed E-state index contributed by atoms with van der Waals surface area (Å²) in [6.45, 7) is 1.91. The first kappa shape index (κ1) is 15.8. The van der Waals surface area contributed by atoms with E-state index in [0.29, 0.717) is 5.56 Å². The van der Waals surface area contributed by atoms with Gasteiger partial charge in [0.05, 0.1) is 23.0 Å². The molecular formula is C16H17NO5S. The molecule has 0 amide bonds. The molecule has 7 heteroatoms. The monoisotopic (exact) mass is 335 g/mol. The average Bonchev–Trinajstić information content (AvgIpc) is 3.19. The van der Waals surface area contributed by atoms with Crippen molar-refractivity contribution in [2.45, 2.75) is 37.2 Å². The minimum absolute atomic E-state index is 0.0188. The molecule has 1 saturated carbocycles. The van der Waals surface area contributed by atoms with Gasteiger partial charge in [0.2, 0.25) is 10.0 Å². The van der Waals surface area contributed by atoms with Crippen molar-refractivity contribution in [3.63, 3.8) is 0 Å². The van der Waals surface area contributed by atoms with Crippen LogP contribution in [0.1, 0.15) is 34.3 Å². The lowest BCUT2D eigenvalue weighted by atomic mass is 10.1. The predicted octanol–water partition coefficient (Wildman–Crippen LogP) is 2.64. The van der Waals surface area contributed by atoms with Gasteiger partial charge in [0.1, 0.15) is 0 Å². The van der Waals surface area contributed by atoms with Crippen LogP contribution in [0.5, 0.6) is 0 Å². The molecule has 0 spiro atoms. The second-order valence-electron chi connectivity index (χ2n) is 5.75. The Labute approximate surface area is 134 Å². The molecule has 1 aliphatic carbocycles. The Morgan fingerprint density at radius 2 is 2.09 bits per heavy atom. The van der Waals surface area contributed by atoms with Crippen molar-refractivity contribution in [3.05, 3.63) is 53.5 Å². The Morgan fingerprint density at radius 3 is 2.65 bits per heavy atom. The molecule has 0 atom stereocenters. The smallest absolute Gasteiger partial charge is 0.335 e. The van der Waals surface area contributed by atoms with Crippen LogP contribution in [-0.4, -0.2) is 29.8 Å². The molecule has 23 heavy (non-hydrogen) atoms. The van der Waals surface area contributed by atoms with Crippen LogP contribution < -0.4 is 0 Å². The van der Waals surface area contributed by atoms with Crippen molar-refractivity contribution in [2.75, 3.05) is 0 Å². The van der Waals surface area contributed by atoms with E-state index in [1.54, 1.807) is 13.0 Å². The van der Waals surface area contributed by atoms with E-state index in [9.17, 15) is 13.2 Å². The van der Waals surface area contributed by atoms with Crippen LogP contribution in [0.3, 0.4) is 0 Å². The van der Waals surface area contributed by atoms with Gasteiger partial charge in [0.15, 0.2) is 0 Å². The number of benzene rings is 1. The second kappa shape index (κ2) is 5.82. The van der Waals surface area contributed by atoms with Gasteiger partial charge in [0.25, 0.3) is 0 Å². The van der Waals surface area contributed by atoms with Gasteiger partial charge in [-0.15, -0.1) is 0 Å². The van der Waals surface area contributed by atoms with Crippen molar-refractivity contribution < 1.29 is 22.7 Å². The molecule has 1 aromatic carbocycles. The lowest BCUT2D eigenvalue weighted by Gasteiger charge is -2.21. The SMILES string of the molecule is Cc1cc(C(=O)O)cc(S(=O)(=O)N(Cc2ccoc2)C2CC2)c1. The number of carboxylic acids is 1. The number of nitrogens with zero attached hydrogens (tertiary/aromatic N) is 1. The summed E-state index contributed by atoms with van der Waals surface area (Å²) in [5, 5.41) is 9.15. The lowest BCUT2D eigenvalue weighted by Crippen LogP contribution is -2.32. The first-order chi connectivity index (χ1) is 10.9. The fraction of sp³-hybridized carbons (Fsp3) is 0.312. The highest BCUT2D eigenvalue weighted by Crippen LogP contribution is 2.34. The minimum Gasteiger partial charge on any atom is -0.478 e. The summed E-state index contributed by atoms with van der Waals surface area (Å²) in [6, 6.07) is 5.87. The number of sulfonamides is 1. The molecule has 0 unspecified atom stereocenters. The van der Waals surface area contributed by atoms with Crippen molar-refractivity contribution in [1.82, 2.24) is 4.31 Å². The largest absolute Gasteiger partial charge is 0.478 e. The third-order valence-corrected chi connectivity index (χ3v) is 5.65.